The van der Waals surface area contributed by atoms with E-state index in [0.29, 0.717) is 0 Å². The van der Waals surface area contributed by atoms with Crippen LogP contribution >= 0.6 is 0 Å². The van der Waals surface area contributed by atoms with Gasteiger partial charge in [0.1, 0.15) is 12.4 Å². The summed E-state index contributed by atoms with van der Waals surface area (Å²) in [5.74, 6) is 0.848. The van der Waals surface area contributed by atoms with Gasteiger partial charge in [0.25, 0.3) is 0 Å². The zero-order valence-electron chi connectivity index (χ0n) is 9.41. The summed E-state index contributed by atoms with van der Waals surface area (Å²) < 4.78 is 4.34. The van der Waals surface area contributed by atoms with Gasteiger partial charge in [-0.2, -0.15) is 0 Å². The quantitative estimate of drug-likeness (QED) is 0.448. The maximum Gasteiger partial charge on any atom is 0.243 e. The lowest BCUT2D eigenvalue weighted by molar-refractivity contribution is -0.671. The monoisotopic (exact) mass is 216 g/mol. The Morgan fingerprint density at radius 3 is 2.50 bits per heavy atom. The number of hydrogen-bond acceptors (Lipinski definition) is 0. The number of nitrogens with zero attached hydrogens (tertiary/aromatic N) is 2. The maximum atomic E-state index is 2.29. The van der Waals surface area contributed by atoms with Gasteiger partial charge in [-0.05, 0) is 18.8 Å². The first-order chi connectivity index (χ1) is 6.18. The van der Waals surface area contributed by atoms with Crippen molar-refractivity contribution >= 4 is 0 Å². The van der Waals surface area contributed by atoms with Crippen molar-refractivity contribution < 1.29 is 17.0 Å². The second-order valence-electron chi connectivity index (χ2n) is 4.21. The highest BCUT2D eigenvalue weighted by molar-refractivity contribution is 4.65. The van der Waals surface area contributed by atoms with E-state index in [2.05, 4.69) is 48.8 Å². The smallest absolute Gasteiger partial charge is 0.243 e. The average molecular weight is 217 g/mol. The number of unbranched alkanes of at least 4 members (excludes halogenated alkanes) is 1. The van der Waals surface area contributed by atoms with E-state index in [1.807, 2.05) is 0 Å². The highest BCUT2D eigenvalue weighted by Gasteiger charge is 1.99. The minimum atomic E-state index is 0. The van der Waals surface area contributed by atoms with Crippen LogP contribution in [0.4, 0.5) is 0 Å². The molecular weight excluding hydrogens is 196 g/mol. The van der Waals surface area contributed by atoms with E-state index in [1.54, 1.807) is 0 Å². The molecule has 0 atom stereocenters. The van der Waals surface area contributed by atoms with Crippen LogP contribution in [0.2, 0.25) is 0 Å². The van der Waals surface area contributed by atoms with Crippen LogP contribution < -0.4 is 17.0 Å². The molecule has 0 aliphatic carbocycles. The molecule has 0 bridgehead atoms. The average Bonchev–Trinajstić information content (AvgIpc) is 2.45. The number of imidazole rings is 1. The number of halogens is 1. The third kappa shape index (κ3) is 5.28. The fraction of sp³-hybridized carbons (Fsp3) is 0.727. The number of rotatable bonds is 5. The predicted molar refractivity (Wildman–Crippen MR) is 54.3 cm³/mol. The summed E-state index contributed by atoms with van der Waals surface area (Å²) in [5.41, 5.74) is 0. The molecule has 3 heteroatoms. The first kappa shape index (κ1) is 13.5. The van der Waals surface area contributed by atoms with Crippen molar-refractivity contribution in [1.82, 2.24) is 4.57 Å². The van der Waals surface area contributed by atoms with Gasteiger partial charge < -0.3 is 12.4 Å². The van der Waals surface area contributed by atoms with E-state index in [9.17, 15) is 0 Å². The molecule has 0 aliphatic heterocycles. The highest BCUT2D eigenvalue weighted by atomic mass is 35.5. The van der Waals surface area contributed by atoms with Crippen LogP contribution in [-0.2, 0) is 13.6 Å². The van der Waals surface area contributed by atoms with Gasteiger partial charge in [-0.15, -0.1) is 0 Å². The Labute approximate surface area is 93.4 Å². The van der Waals surface area contributed by atoms with Crippen LogP contribution in [0.5, 0.6) is 0 Å². The number of hydrogen-bond donors (Lipinski definition) is 0. The summed E-state index contributed by atoms with van der Waals surface area (Å²) in [7, 11) is 2.06. The van der Waals surface area contributed by atoms with Crippen LogP contribution in [0.15, 0.2) is 18.7 Å². The second-order valence-corrected chi connectivity index (χ2v) is 4.21. The molecule has 0 saturated heterocycles. The van der Waals surface area contributed by atoms with E-state index < -0.39 is 0 Å². The van der Waals surface area contributed by atoms with E-state index in [-0.39, 0.29) is 12.4 Å². The molecule has 0 radical (unpaired) electrons. The Hall–Kier alpha value is -0.500. The Bertz CT molecular complexity index is 243. The minimum Gasteiger partial charge on any atom is -1.00 e. The first-order valence-corrected chi connectivity index (χ1v) is 5.19. The molecular formula is C11H21ClN2. The van der Waals surface area contributed by atoms with Crippen molar-refractivity contribution in [2.75, 3.05) is 0 Å². The molecule has 0 fully saturated rings. The van der Waals surface area contributed by atoms with Crippen LogP contribution in [0.25, 0.3) is 0 Å². The largest absolute Gasteiger partial charge is 1.00 e. The maximum absolute atomic E-state index is 2.29. The van der Waals surface area contributed by atoms with E-state index >= 15 is 0 Å². The lowest BCUT2D eigenvalue weighted by atomic mass is 10.1. The zero-order valence-corrected chi connectivity index (χ0v) is 10.2. The number of aromatic nitrogens is 2. The standard InChI is InChI=1S/C11H21N2.ClH/c1-11(2)6-4-5-7-13-9-8-12(3)10-13;/h8-11H,4-7H2,1-3H3;1H/q+1;/p-1. The lowest BCUT2D eigenvalue weighted by Gasteiger charge is -2.02. The van der Waals surface area contributed by atoms with Gasteiger partial charge in [0.05, 0.1) is 13.6 Å². The molecule has 0 aromatic carbocycles. The van der Waals surface area contributed by atoms with Crippen molar-refractivity contribution in [3.63, 3.8) is 0 Å². The van der Waals surface area contributed by atoms with Crippen molar-refractivity contribution in [3.05, 3.63) is 18.7 Å². The number of aryl methyl sites for hydroxylation is 2. The topological polar surface area (TPSA) is 8.81 Å². The molecule has 0 amide bonds. The van der Waals surface area contributed by atoms with Gasteiger partial charge in [0.15, 0.2) is 0 Å². The lowest BCUT2D eigenvalue weighted by Crippen LogP contribution is -3.00. The summed E-state index contributed by atoms with van der Waals surface area (Å²) in [6, 6.07) is 0. The Kier molecular flexibility index (Phi) is 6.64. The fourth-order valence-electron chi connectivity index (χ4n) is 1.48. The normalized spacial score (nSPS) is 10.3. The van der Waals surface area contributed by atoms with Crippen LogP contribution in [0.3, 0.4) is 0 Å². The summed E-state index contributed by atoms with van der Waals surface area (Å²) in [4.78, 5) is 0. The van der Waals surface area contributed by atoms with Crippen molar-refractivity contribution in [3.8, 4) is 0 Å². The Morgan fingerprint density at radius 2 is 2.00 bits per heavy atom. The molecule has 0 N–H and O–H groups in total. The van der Waals surface area contributed by atoms with Crippen LogP contribution in [0.1, 0.15) is 33.1 Å². The molecule has 1 aromatic rings. The third-order valence-corrected chi connectivity index (χ3v) is 2.27. The summed E-state index contributed by atoms with van der Waals surface area (Å²) in [6.07, 6.45) is 10.4. The van der Waals surface area contributed by atoms with E-state index in [0.717, 1.165) is 12.5 Å². The van der Waals surface area contributed by atoms with Gasteiger partial charge in [0, 0.05) is 0 Å². The van der Waals surface area contributed by atoms with E-state index in [4.69, 9.17) is 0 Å². The minimum absolute atomic E-state index is 0. The zero-order chi connectivity index (χ0) is 9.68. The Balaban J connectivity index is 0.00000169. The van der Waals surface area contributed by atoms with Gasteiger partial charge >= 0.3 is 0 Å². The van der Waals surface area contributed by atoms with Gasteiger partial charge in [-0.3, -0.25) is 0 Å². The SMILES string of the molecule is CC(C)CCCCn1cc[n+](C)c1.[Cl-]. The van der Waals surface area contributed by atoms with Gasteiger partial charge in [-0.1, -0.05) is 20.3 Å². The van der Waals surface area contributed by atoms with Crippen molar-refractivity contribution in [1.29, 1.82) is 0 Å². The van der Waals surface area contributed by atoms with Gasteiger partial charge in [0.2, 0.25) is 6.33 Å². The Morgan fingerprint density at radius 1 is 1.29 bits per heavy atom. The molecule has 2 nitrogen and oxygen atoms in total. The van der Waals surface area contributed by atoms with E-state index in [1.165, 1.54) is 19.3 Å². The molecule has 0 saturated carbocycles. The molecule has 82 valence electrons. The van der Waals surface area contributed by atoms with Gasteiger partial charge in [-0.25, -0.2) is 9.13 Å². The molecule has 14 heavy (non-hydrogen) atoms. The highest BCUT2D eigenvalue weighted by Crippen LogP contribution is 2.06. The van der Waals surface area contributed by atoms with Crippen molar-refractivity contribution in [2.45, 2.75) is 39.7 Å². The summed E-state index contributed by atoms with van der Waals surface area (Å²) >= 11 is 0. The first-order valence-electron chi connectivity index (χ1n) is 5.19. The summed E-state index contributed by atoms with van der Waals surface area (Å²) in [6.45, 7) is 5.74. The summed E-state index contributed by atoms with van der Waals surface area (Å²) in [5, 5.41) is 0. The molecule has 1 rings (SSSR count). The molecule has 0 aliphatic rings. The fourth-order valence-corrected chi connectivity index (χ4v) is 1.48. The third-order valence-electron chi connectivity index (χ3n) is 2.27. The molecule has 1 aromatic heterocycles. The molecule has 0 spiro atoms. The van der Waals surface area contributed by atoms with Crippen molar-refractivity contribution in [2.24, 2.45) is 13.0 Å². The predicted octanol–water partition coefficient (Wildman–Crippen LogP) is -0.857. The second kappa shape index (κ2) is 6.88. The molecule has 0 unspecified atom stereocenters. The van der Waals surface area contributed by atoms with Crippen LogP contribution in [0, 0.1) is 5.92 Å². The van der Waals surface area contributed by atoms with Crippen LogP contribution in [-0.4, -0.2) is 4.57 Å². The molecule has 1 heterocycles.